The van der Waals surface area contributed by atoms with Crippen molar-refractivity contribution in [3.05, 3.63) is 18.2 Å². The fourth-order valence-electron chi connectivity index (χ4n) is 1.36. The second kappa shape index (κ2) is 3.63. The normalized spacial score (nSPS) is 10.9. The van der Waals surface area contributed by atoms with Gasteiger partial charge in [-0.25, -0.2) is 4.68 Å². The summed E-state index contributed by atoms with van der Waals surface area (Å²) in [7, 11) is 1.66. The number of rotatable bonds is 3. The molecular weight excluding hydrogens is 180 g/mol. The highest BCUT2D eigenvalue weighted by atomic mass is 16.5. The van der Waals surface area contributed by atoms with Gasteiger partial charge in [-0.05, 0) is 12.1 Å². The standard InChI is InChI=1S/C9H12N4O/c1-14-6-5-13-8-4-2-3-7(10)9(8)11-12-13/h2-4H,5-6,10H2,1H3. The van der Waals surface area contributed by atoms with E-state index in [9.17, 15) is 0 Å². The van der Waals surface area contributed by atoms with E-state index in [1.54, 1.807) is 11.8 Å². The van der Waals surface area contributed by atoms with Crippen molar-refractivity contribution < 1.29 is 4.74 Å². The van der Waals surface area contributed by atoms with Crippen molar-refractivity contribution in [2.75, 3.05) is 19.5 Å². The molecule has 2 aromatic rings. The van der Waals surface area contributed by atoms with Crippen molar-refractivity contribution in [1.82, 2.24) is 15.0 Å². The number of hydrogen-bond donors (Lipinski definition) is 1. The number of hydrogen-bond acceptors (Lipinski definition) is 4. The van der Waals surface area contributed by atoms with Gasteiger partial charge < -0.3 is 10.5 Å². The van der Waals surface area contributed by atoms with Crippen molar-refractivity contribution in [2.24, 2.45) is 0 Å². The summed E-state index contributed by atoms with van der Waals surface area (Å²) in [5.41, 5.74) is 8.11. The van der Waals surface area contributed by atoms with E-state index < -0.39 is 0 Å². The monoisotopic (exact) mass is 192 g/mol. The largest absolute Gasteiger partial charge is 0.397 e. The molecule has 5 heteroatoms. The fraction of sp³-hybridized carbons (Fsp3) is 0.333. The lowest BCUT2D eigenvalue weighted by atomic mass is 10.3. The number of benzene rings is 1. The summed E-state index contributed by atoms with van der Waals surface area (Å²) in [6.45, 7) is 1.31. The van der Waals surface area contributed by atoms with Crippen molar-refractivity contribution in [3.8, 4) is 0 Å². The van der Waals surface area contributed by atoms with Gasteiger partial charge in [0.2, 0.25) is 0 Å². The van der Waals surface area contributed by atoms with Gasteiger partial charge in [0.25, 0.3) is 0 Å². The van der Waals surface area contributed by atoms with E-state index in [4.69, 9.17) is 10.5 Å². The van der Waals surface area contributed by atoms with Crippen LogP contribution in [0, 0.1) is 0 Å². The molecule has 1 aromatic heterocycles. The lowest BCUT2D eigenvalue weighted by Gasteiger charge is -2.00. The maximum atomic E-state index is 5.75. The molecule has 0 amide bonds. The summed E-state index contributed by atoms with van der Waals surface area (Å²) in [6.07, 6.45) is 0. The van der Waals surface area contributed by atoms with E-state index in [0.717, 1.165) is 11.0 Å². The molecule has 0 unspecified atom stereocenters. The number of ether oxygens (including phenoxy) is 1. The summed E-state index contributed by atoms with van der Waals surface area (Å²) in [5, 5.41) is 8.00. The Morgan fingerprint density at radius 3 is 3.14 bits per heavy atom. The third-order valence-corrected chi connectivity index (χ3v) is 2.08. The zero-order valence-electron chi connectivity index (χ0n) is 7.97. The third kappa shape index (κ3) is 1.42. The number of nitrogen functional groups attached to an aromatic ring is 1. The quantitative estimate of drug-likeness (QED) is 0.725. The second-order valence-corrected chi connectivity index (χ2v) is 3.02. The van der Waals surface area contributed by atoms with E-state index >= 15 is 0 Å². The fourth-order valence-corrected chi connectivity index (χ4v) is 1.36. The van der Waals surface area contributed by atoms with E-state index in [1.165, 1.54) is 0 Å². The molecule has 74 valence electrons. The van der Waals surface area contributed by atoms with Gasteiger partial charge in [0.05, 0.1) is 24.4 Å². The number of aromatic nitrogens is 3. The summed E-state index contributed by atoms with van der Waals surface area (Å²) < 4.78 is 6.76. The first-order valence-electron chi connectivity index (χ1n) is 4.39. The first kappa shape index (κ1) is 8.96. The maximum Gasteiger partial charge on any atom is 0.136 e. The predicted molar refractivity (Wildman–Crippen MR) is 53.8 cm³/mol. The molecule has 2 rings (SSSR count). The second-order valence-electron chi connectivity index (χ2n) is 3.02. The Hall–Kier alpha value is -1.62. The van der Waals surface area contributed by atoms with Crippen LogP contribution in [-0.2, 0) is 11.3 Å². The highest BCUT2D eigenvalue weighted by molar-refractivity contribution is 5.86. The molecule has 0 radical (unpaired) electrons. The minimum Gasteiger partial charge on any atom is -0.397 e. The lowest BCUT2D eigenvalue weighted by molar-refractivity contribution is 0.184. The van der Waals surface area contributed by atoms with Crippen LogP contribution in [0.2, 0.25) is 0 Å². The third-order valence-electron chi connectivity index (χ3n) is 2.08. The Balaban J connectivity index is 2.42. The van der Waals surface area contributed by atoms with E-state index in [-0.39, 0.29) is 0 Å². The first-order valence-corrected chi connectivity index (χ1v) is 4.39. The zero-order chi connectivity index (χ0) is 9.97. The Bertz CT molecular complexity index is 437. The zero-order valence-corrected chi connectivity index (χ0v) is 7.97. The summed E-state index contributed by atoms with van der Waals surface area (Å²) >= 11 is 0. The van der Waals surface area contributed by atoms with Crippen LogP contribution in [0.15, 0.2) is 18.2 Å². The molecule has 0 saturated heterocycles. The van der Waals surface area contributed by atoms with Crippen LogP contribution in [-0.4, -0.2) is 28.7 Å². The number of methoxy groups -OCH3 is 1. The number of fused-ring (bicyclic) bond motifs is 1. The van der Waals surface area contributed by atoms with Gasteiger partial charge in [-0.15, -0.1) is 5.10 Å². The predicted octanol–water partition coefficient (Wildman–Crippen LogP) is 0.660. The SMILES string of the molecule is COCCn1nnc2c(N)cccc21. The van der Waals surface area contributed by atoms with Gasteiger partial charge >= 0.3 is 0 Å². The average Bonchev–Trinajstić information content (AvgIpc) is 2.60. The molecule has 1 heterocycles. The Morgan fingerprint density at radius 2 is 2.36 bits per heavy atom. The summed E-state index contributed by atoms with van der Waals surface area (Å²) in [4.78, 5) is 0. The van der Waals surface area contributed by atoms with Crippen molar-refractivity contribution in [2.45, 2.75) is 6.54 Å². The Labute approximate surface area is 81.5 Å². The molecule has 0 aliphatic heterocycles. The van der Waals surface area contributed by atoms with Gasteiger partial charge in [0.15, 0.2) is 0 Å². The van der Waals surface area contributed by atoms with Crippen LogP contribution in [0.5, 0.6) is 0 Å². The highest BCUT2D eigenvalue weighted by Crippen LogP contribution is 2.17. The molecule has 0 atom stereocenters. The number of anilines is 1. The molecule has 0 bridgehead atoms. The van der Waals surface area contributed by atoms with Gasteiger partial charge in [0, 0.05) is 7.11 Å². The summed E-state index contributed by atoms with van der Waals surface area (Å²) in [6, 6.07) is 5.66. The molecule has 0 aliphatic carbocycles. The van der Waals surface area contributed by atoms with Crippen LogP contribution in [0.25, 0.3) is 11.0 Å². The Kier molecular flexibility index (Phi) is 2.32. The van der Waals surface area contributed by atoms with Crippen molar-refractivity contribution >= 4 is 16.7 Å². The maximum absolute atomic E-state index is 5.75. The molecule has 14 heavy (non-hydrogen) atoms. The molecule has 1 aromatic carbocycles. The summed E-state index contributed by atoms with van der Waals surface area (Å²) in [5.74, 6) is 0. The average molecular weight is 192 g/mol. The van der Waals surface area contributed by atoms with Crippen LogP contribution >= 0.6 is 0 Å². The smallest absolute Gasteiger partial charge is 0.136 e. The van der Waals surface area contributed by atoms with Crippen LogP contribution in [0.4, 0.5) is 5.69 Å². The van der Waals surface area contributed by atoms with Crippen molar-refractivity contribution in [3.63, 3.8) is 0 Å². The topological polar surface area (TPSA) is 66.0 Å². The van der Waals surface area contributed by atoms with Gasteiger partial charge in [0.1, 0.15) is 5.52 Å². The van der Waals surface area contributed by atoms with Crippen LogP contribution in [0.1, 0.15) is 0 Å². The van der Waals surface area contributed by atoms with E-state index in [2.05, 4.69) is 10.3 Å². The van der Waals surface area contributed by atoms with Gasteiger partial charge in [-0.3, -0.25) is 0 Å². The van der Waals surface area contributed by atoms with Gasteiger partial charge in [-0.1, -0.05) is 11.3 Å². The molecular formula is C9H12N4O. The van der Waals surface area contributed by atoms with Crippen LogP contribution < -0.4 is 5.73 Å². The van der Waals surface area contributed by atoms with Crippen molar-refractivity contribution in [1.29, 1.82) is 0 Å². The molecule has 5 nitrogen and oxygen atoms in total. The first-order chi connectivity index (χ1) is 6.83. The minimum absolute atomic E-state index is 0.618. The molecule has 0 saturated carbocycles. The molecule has 2 N–H and O–H groups in total. The van der Waals surface area contributed by atoms with E-state index in [1.807, 2.05) is 18.2 Å². The van der Waals surface area contributed by atoms with E-state index in [0.29, 0.717) is 18.8 Å². The van der Waals surface area contributed by atoms with Crippen LogP contribution in [0.3, 0.4) is 0 Å². The number of nitrogens with two attached hydrogens (primary N) is 1. The molecule has 0 aliphatic rings. The highest BCUT2D eigenvalue weighted by Gasteiger charge is 2.05. The number of nitrogens with zero attached hydrogens (tertiary/aromatic N) is 3. The Morgan fingerprint density at radius 1 is 1.50 bits per heavy atom. The molecule has 0 fully saturated rings. The molecule has 0 spiro atoms. The minimum atomic E-state index is 0.618. The van der Waals surface area contributed by atoms with Gasteiger partial charge in [-0.2, -0.15) is 0 Å². The lowest BCUT2D eigenvalue weighted by Crippen LogP contribution is -2.05.